The van der Waals surface area contributed by atoms with Crippen LogP contribution in [0.25, 0.3) is 0 Å². The van der Waals surface area contributed by atoms with Crippen LogP contribution in [0.5, 0.6) is 0 Å². The van der Waals surface area contributed by atoms with Crippen LogP contribution in [0.2, 0.25) is 0 Å². The van der Waals surface area contributed by atoms with Gasteiger partial charge in [0.25, 0.3) is 23.1 Å². The molecule has 8 aliphatic heterocycles. The Morgan fingerprint density at radius 3 is 1.10 bits per heavy atom. The topological polar surface area (TPSA) is 959 Å². The van der Waals surface area contributed by atoms with Crippen LogP contribution in [-0.2, 0) is 114 Å². The molecule has 0 aromatic carbocycles. The van der Waals surface area contributed by atoms with Gasteiger partial charge in [0.1, 0.15) is 177 Å². The molecule has 5 amide bonds. The van der Waals surface area contributed by atoms with Crippen molar-refractivity contribution in [1.29, 1.82) is 0 Å². The van der Waals surface area contributed by atoms with Crippen LogP contribution in [0.1, 0.15) is 53.4 Å². The first kappa shape index (κ1) is 108. The van der Waals surface area contributed by atoms with E-state index in [1.165, 1.54) is 0 Å². The molecular formula is C70H113N5O54. The number of rotatable bonds is 40. The van der Waals surface area contributed by atoms with Crippen molar-refractivity contribution in [2.24, 2.45) is 0 Å². The van der Waals surface area contributed by atoms with Crippen molar-refractivity contribution >= 4 is 53.4 Å². The number of ether oxygens (including phenoxy) is 15. The van der Waals surface area contributed by atoms with Crippen molar-refractivity contribution in [1.82, 2.24) is 26.6 Å². The molecule has 0 saturated carbocycles. The molecule has 129 heavy (non-hydrogen) atoms. The lowest BCUT2D eigenvalue weighted by Gasteiger charge is -2.53. The van der Waals surface area contributed by atoms with Crippen molar-refractivity contribution in [3.63, 3.8) is 0 Å². The Labute approximate surface area is 726 Å². The van der Waals surface area contributed by atoms with Crippen molar-refractivity contribution in [3.8, 4) is 0 Å². The average Bonchev–Trinajstić information content (AvgIpc) is 0.745. The Morgan fingerprint density at radius 1 is 0.349 bits per heavy atom. The first-order valence-corrected chi connectivity index (χ1v) is 39.8. The summed E-state index contributed by atoms with van der Waals surface area (Å²) in [5.74, 6) is -29.8. The van der Waals surface area contributed by atoms with Gasteiger partial charge in [-0.1, -0.05) is 0 Å². The molecule has 8 rings (SSSR count). The minimum atomic E-state index is -3.95. The summed E-state index contributed by atoms with van der Waals surface area (Å²) < 4.78 is 88.4. The third kappa shape index (κ3) is 23.8. The summed E-state index contributed by atoms with van der Waals surface area (Å²) in [7, 11) is 0. The van der Waals surface area contributed by atoms with E-state index >= 15 is 0 Å². The number of carboxylic acids is 4. The van der Waals surface area contributed by atoms with Gasteiger partial charge in [-0.15, -0.1) is 0 Å². The second kappa shape index (κ2) is 45.3. The van der Waals surface area contributed by atoms with E-state index in [0.29, 0.717) is 6.92 Å². The van der Waals surface area contributed by atoms with Crippen LogP contribution >= 0.6 is 0 Å². The molecule has 35 N–H and O–H groups in total. The molecule has 0 aliphatic carbocycles. The van der Waals surface area contributed by atoms with Crippen molar-refractivity contribution in [2.75, 3.05) is 59.5 Å². The second-order valence-corrected chi connectivity index (χ2v) is 31.8. The summed E-state index contributed by atoms with van der Waals surface area (Å²) in [6.07, 6.45) is -94.9. The van der Waals surface area contributed by atoms with Crippen LogP contribution in [-0.4, -0.2) is 534 Å². The molecule has 0 aromatic heterocycles. The van der Waals surface area contributed by atoms with Crippen LogP contribution in [0.4, 0.5) is 0 Å². The van der Waals surface area contributed by atoms with Crippen molar-refractivity contribution in [3.05, 3.63) is 0 Å². The maximum atomic E-state index is 14.5. The number of hydrogen-bond acceptors (Lipinski definition) is 50. The molecule has 44 atom stereocenters. The van der Waals surface area contributed by atoms with E-state index in [9.17, 15) is 196 Å². The number of carbonyl (C=O) groups is 9. The number of carboxylic acid groups (broad SMARTS) is 4. The Hall–Kier alpha value is -6.41. The predicted molar refractivity (Wildman–Crippen MR) is 393 cm³/mol. The molecule has 0 unspecified atom stereocenters. The van der Waals surface area contributed by atoms with Crippen LogP contribution in [0, 0.1) is 0 Å². The molecule has 8 fully saturated rings. The standard InChI is InChI=1S/C70H113N5O54/c1-18(84)71-35-22(88)5-67(63(107)108,124-53(35)40(96)26(92)9-76)115-17-33-45(101)52(122-61-48(104)57(43(99)29(12-79)117-61)128-69(65(111)112)7-23(89)36(72-19(2)85)54(126-69)41(97)27(93)10-77)39(74-21(4)87)60(119-33)121-51-32(15-82)118-62(120-50-31(14-81)116-59(106)47(103)46(50)102)49(105)58(51)129-70(66(113)114)8-24(90)37(73-20(3)86)56(127-70)44(100)30(13-80)123-68(64(109)110)6-25(91)38(75-34(95)16-83)55(125-68)42(98)28(94)11-78/h22-33,35-62,76-83,88-94,96-106H,5-17H2,1-4H3,(H,71,84)(H,72,85)(H,73,86)(H,74,87)(H,75,95)(H,107,108)(H,109,110)(H,111,112)(H,113,114)/t22-,23-,24-,25-,26+,27+,28+,29+,30+,31+,32+,33+,35+,36+,37+,38+,39+,40+,41+,42+,43-,44+,45-,46+,47+,48+,49+,50+,51-,52+,53+,54+,55+,56+,57-,58+,59+,60-,61-,62-,67+,68+,69-,70-/m0/s1. The van der Waals surface area contributed by atoms with E-state index in [1.54, 1.807) is 0 Å². The number of nitrogens with one attached hydrogen (secondary N) is 5. The smallest absolute Gasteiger partial charge is 0.364 e. The van der Waals surface area contributed by atoms with Crippen LogP contribution in [0.3, 0.4) is 0 Å². The van der Waals surface area contributed by atoms with Gasteiger partial charge in [0.2, 0.25) is 29.5 Å². The number of hydrogen-bond donors (Lipinski definition) is 35. The second-order valence-electron chi connectivity index (χ2n) is 31.8. The number of aliphatic hydroxyl groups is 26. The summed E-state index contributed by atoms with van der Waals surface area (Å²) >= 11 is 0. The fraction of sp³-hybridized carbons (Fsp3) is 0.871. The molecular weight excluding hydrogens is 1770 g/mol. The molecule has 8 saturated heterocycles. The quantitative estimate of drug-likeness (QED) is 0.0271. The molecule has 8 aliphatic rings. The van der Waals surface area contributed by atoms with Gasteiger partial charge in [0, 0.05) is 53.4 Å². The van der Waals surface area contributed by atoms with Gasteiger partial charge in [-0.3, -0.25) is 24.0 Å². The molecule has 0 bridgehead atoms. The average molecular weight is 1890 g/mol. The Morgan fingerprint density at radius 2 is 0.690 bits per heavy atom. The van der Waals surface area contributed by atoms with E-state index < -0.39 is 406 Å². The monoisotopic (exact) mass is 1890 g/mol. The highest BCUT2D eigenvalue weighted by atomic mass is 16.8. The van der Waals surface area contributed by atoms with Gasteiger partial charge in [0.05, 0.1) is 101 Å². The third-order valence-electron chi connectivity index (χ3n) is 22.7. The number of aliphatic hydroxyl groups excluding tert-OH is 26. The maximum absolute atomic E-state index is 14.5. The highest BCUT2D eigenvalue weighted by Gasteiger charge is 2.67. The normalized spacial score (nSPS) is 42.3. The van der Waals surface area contributed by atoms with Crippen LogP contribution in [0.15, 0.2) is 0 Å². The fourth-order valence-electron chi connectivity index (χ4n) is 16.2. The van der Waals surface area contributed by atoms with Crippen molar-refractivity contribution in [2.45, 2.75) is 321 Å². The zero-order valence-electron chi connectivity index (χ0n) is 68.5. The first-order chi connectivity index (χ1) is 60.4. The Bertz CT molecular complexity index is 3740. The van der Waals surface area contributed by atoms with E-state index in [0.717, 1.165) is 20.8 Å². The van der Waals surface area contributed by atoms with Gasteiger partial charge in [-0.25, -0.2) is 19.2 Å². The molecule has 0 radical (unpaired) electrons. The van der Waals surface area contributed by atoms with Gasteiger partial charge >= 0.3 is 23.9 Å². The summed E-state index contributed by atoms with van der Waals surface area (Å²) in [6, 6.07) is -10.7. The zero-order valence-corrected chi connectivity index (χ0v) is 68.5. The zero-order chi connectivity index (χ0) is 96.6. The number of amides is 5. The predicted octanol–water partition coefficient (Wildman–Crippen LogP) is -21.9. The SMILES string of the molecule is CC(=O)N[C@H]1[C@H](O[C@@H]2[C@H](O[C@]3(C(=O)O)C[C@H](O)[C@@H](NC(C)=O)[C@H]([C@H](O)[C@@H](CO)O[C@]4(C(=O)O)C[C@H](O)[C@@H](NC(=O)CO)[C@H]([C@H](O)[C@H](O)CO)O4)O3)[C@@H](O)[C@H](O[C@H]3[C@H](O)[C@@H](O)[C@H](O)O[C@@H]3CO)O[C@@H]2CO)O[C@H](CO[C@]2(C(=O)O)C[C@H](O)[C@@H](NC(C)=O)[C@H]([C@H](O)[C@H](O)CO)O2)[C@H](O)[C@@H]1O[C@@H]1O[C@H](CO)[C@H](O)[C@H](O[C@]2(C(=O)O)C[C@H](O)[C@@H](NC(C)=O)[C@H]([C@H](O)[C@H](O)CO)O2)[C@H]1O. The molecule has 0 spiro atoms. The lowest BCUT2D eigenvalue weighted by molar-refractivity contribution is -0.406. The molecule has 59 nitrogen and oxygen atoms in total. The molecule has 0 aromatic rings. The van der Waals surface area contributed by atoms with E-state index in [2.05, 4.69) is 21.3 Å². The molecule has 742 valence electrons. The summed E-state index contributed by atoms with van der Waals surface area (Å²) in [5.41, 5.74) is 0. The number of carbonyl (C=O) groups excluding carboxylic acids is 5. The molecule has 8 heterocycles. The highest BCUT2D eigenvalue weighted by molar-refractivity contribution is 5.80. The van der Waals surface area contributed by atoms with Crippen LogP contribution < -0.4 is 26.6 Å². The minimum Gasteiger partial charge on any atom is -0.477 e. The van der Waals surface area contributed by atoms with E-state index in [-0.39, 0.29) is 0 Å². The fourth-order valence-corrected chi connectivity index (χ4v) is 16.2. The third-order valence-corrected chi connectivity index (χ3v) is 22.7. The lowest BCUT2D eigenvalue weighted by atomic mass is 9.87. The van der Waals surface area contributed by atoms with E-state index in [1.807, 2.05) is 5.32 Å². The molecule has 59 heteroatoms. The largest absolute Gasteiger partial charge is 0.477 e. The summed E-state index contributed by atoms with van der Waals surface area (Å²) in [6.45, 7) is -9.84. The highest BCUT2D eigenvalue weighted by Crippen LogP contribution is 2.45. The first-order valence-electron chi connectivity index (χ1n) is 39.8. The Kier molecular flexibility index (Phi) is 37.9. The maximum Gasteiger partial charge on any atom is 0.364 e. The van der Waals surface area contributed by atoms with Gasteiger partial charge < -0.3 is 251 Å². The van der Waals surface area contributed by atoms with Gasteiger partial charge in [-0.2, -0.15) is 0 Å². The van der Waals surface area contributed by atoms with Gasteiger partial charge in [0.15, 0.2) is 25.2 Å². The lowest BCUT2D eigenvalue weighted by Crippen LogP contribution is -2.73. The van der Waals surface area contributed by atoms with E-state index in [4.69, 9.17) is 71.1 Å². The van der Waals surface area contributed by atoms with Crippen molar-refractivity contribution < 1.29 is 267 Å². The summed E-state index contributed by atoms with van der Waals surface area (Å²) in [4.78, 5) is 120. The minimum absolute atomic E-state index is 0.698. The summed E-state index contributed by atoms with van der Waals surface area (Å²) in [5, 5.41) is 346. The Balaban J connectivity index is 1.30. The van der Waals surface area contributed by atoms with Gasteiger partial charge in [-0.05, 0) is 0 Å². The number of aliphatic carboxylic acids is 4.